The summed E-state index contributed by atoms with van der Waals surface area (Å²) in [6.45, 7) is 6.27. The summed E-state index contributed by atoms with van der Waals surface area (Å²) in [5.41, 5.74) is 0.482. The molecule has 0 radical (unpaired) electrons. The van der Waals surface area contributed by atoms with Crippen molar-refractivity contribution in [1.29, 1.82) is 0 Å². The topological polar surface area (TPSA) is 62.2 Å². The fourth-order valence-corrected chi connectivity index (χ4v) is 4.34. The van der Waals surface area contributed by atoms with Crippen LogP contribution in [0.15, 0.2) is 35.3 Å². The molecule has 28 heavy (non-hydrogen) atoms. The zero-order chi connectivity index (χ0) is 20.1. The lowest BCUT2D eigenvalue weighted by Crippen LogP contribution is -2.47. The van der Waals surface area contributed by atoms with Crippen molar-refractivity contribution in [2.24, 2.45) is 10.9 Å². The highest BCUT2D eigenvalue weighted by molar-refractivity contribution is 6.07. The van der Waals surface area contributed by atoms with Crippen LogP contribution in [0.3, 0.4) is 0 Å². The number of carbonyl (C=O) groups excluding carboxylic acids is 2. The molecule has 0 saturated heterocycles. The van der Waals surface area contributed by atoms with E-state index in [2.05, 4.69) is 12.1 Å². The number of rotatable bonds is 7. The van der Waals surface area contributed by atoms with Gasteiger partial charge < -0.3 is 9.64 Å². The molecule has 1 aliphatic carbocycles. The lowest BCUT2D eigenvalue weighted by molar-refractivity contribution is -0.140. The fraction of sp³-hybridized carbons (Fsp3) is 0.591. The molecule has 6 nitrogen and oxygen atoms in total. The number of hydrogen-bond donors (Lipinski definition) is 0. The van der Waals surface area contributed by atoms with E-state index in [-0.39, 0.29) is 17.7 Å². The average molecular weight is 386 g/mol. The van der Waals surface area contributed by atoms with Crippen LogP contribution < -0.4 is 0 Å². The van der Waals surface area contributed by atoms with Crippen molar-refractivity contribution in [1.82, 2.24) is 9.80 Å². The highest BCUT2D eigenvalue weighted by Gasteiger charge is 2.49. The molecule has 0 aromatic heterocycles. The van der Waals surface area contributed by atoms with E-state index in [1.54, 1.807) is 12.0 Å². The van der Waals surface area contributed by atoms with Gasteiger partial charge in [-0.1, -0.05) is 30.3 Å². The van der Waals surface area contributed by atoms with Gasteiger partial charge in [0.05, 0.1) is 13.2 Å². The summed E-state index contributed by atoms with van der Waals surface area (Å²) in [6.07, 6.45) is 2.72. The van der Waals surface area contributed by atoms with Crippen molar-refractivity contribution in [3.05, 3.63) is 35.9 Å². The molecule has 0 unspecified atom stereocenters. The van der Waals surface area contributed by atoms with E-state index in [0.717, 1.165) is 11.4 Å². The minimum absolute atomic E-state index is 0.0226. The van der Waals surface area contributed by atoms with Gasteiger partial charge in [0.25, 0.3) is 5.91 Å². The number of carbonyl (C=O) groups is 2. The Labute approximate surface area is 167 Å². The van der Waals surface area contributed by atoms with Crippen molar-refractivity contribution in [2.75, 3.05) is 26.8 Å². The van der Waals surface area contributed by atoms with Crippen LogP contribution in [0.1, 0.15) is 45.1 Å². The third kappa shape index (κ3) is 4.12. The Bertz CT molecular complexity index is 724. The summed E-state index contributed by atoms with van der Waals surface area (Å²) < 4.78 is 5.11. The van der Waals surface area contributed by atoms with Crippen LogP contribution in [0.25, 0.3) is 0 Å². The van der Waals surface area contributed by atoms with Crippen LogP contribution >= 0.6 is 0 Å². The first-order chi connectivity index (χ1) is 13.5. The molecule has 0 bridgehead atoms. The number of methoxy groups -OCH3 is 1. The molecule has 1 aliphatic heterocycles. The number of nitrogens with zero attached hydrogens (tertiary/aromatic N) is 3. The summed E-state index contributed by atoms with van der Waals surface area (Å²) in [7, 11) is 1.63. The zero-order valence-electron chi connectivity index (χ0n) is 17.2. The van der Waals surface area contributed by atoms with Crippen molar-refractivity contribution in [3.63, 3.8) is 0 Å². The minimum Gasteiger partial charge on any atom is -0.383 e. The third-order valence-corrected chi connectivity index (χ3v) is 6.00. The van der Waals surface area contributed by atoms with Gasteiger partial charge in [0.2, 0.25) is 5.91 Å². The maximum Gasteiger partial charge on any atom is 0.255 e. The van der Waals surface area contributed by atoms with Crippen LogP contribution in [0.4, 0.5) is 0 Å². The van der Waals surface area contributed by atoms with Gasteiger partial charge in [-0.25, -0.2) is 0 Å². The molecule has 1 spiro atoms. The maximum atomic E-state index is 13.1. The number of ether oxygens (including phenoxy) is 1. The van der Waals surface area contributed by atoms with E-state index in [1.807, 2.05) is 36.9 Å². The van der Waals surface area contributed by atoms with Gasteiger partial charge in [0.15, 0.2) is 0 Å². The molecule has 2 aliphatic rings. The molecule has 1 fully saturated rings. The first kappa shape index (κ1) is 20.5. The maximum absolute atomic E-state index is 13.1. The normalized spacial score (nSPS) is 24.5. The lowest BCUT2D eigenvalue weighted by Gasteiger charge is -2.35. The molecule has 2 amide bonds. The van der Waals surface area contributed by atoms with Gasteiger partial charge >= 0.3 is 0 Å². The van der Waals surface area contributed by atoms with Gasteiger partial charge in [0.1, 0.15) is 11.4 Å². The standard InChI is InChI=1S/C22H31N3O3/c1-4-24(16-18-8-6-5-7-9-18)20(26)19-10-12-22(13-11-19)21(27)25(14-15-28-3)17(2)23-22/h5-9,19H,4,10-16H2,1-3H3. The lowest BCUT2D eigenvalue weighted by atomic mass is 9.76. The molecule has 3 rings (SSSR count). The molecule has 6 heteroatoms. The van der Waals surface area contributed by atoms with E-state index in [9.17, 15) is 9.59 Å². The number of hydrogen-bond acceptors (Lipinski definition) is 4. The Balaban J connectivity index is 1.61. The molecule has 1 aromatic rings. The first-order valence-electron chi connectivity index (χ1n) is 10.2. The molecule has 1 aromatic carbocycles. The average Bonchev–Trinajstić information content (AvgIpc) is 2.94. The molecular formula is C22H31N3O3. The van der Waals surface area contributed by atoms with Crippen LogP contribution in [0.2, 0.25) is 0 Å². The largest absolute Gasteiger partial charge is 0.383 e. The Morgan fingerprint density at radius 1 is 1.29 bits per heavy atom. The van der Waals surface area contributed by atoms with Crippen LogP contribution in [-0.2, 0) is 20.9 Å². The third-order valence-electron chi connectivity index (χ3n) is 6.00. The molecule has 1 heterocycles. The predicted molar refractivity (Wildman–Crippen MR) is 109 cm³/mol. The van der Waals surface area contributed by atoms with Crippen molar-refractivity contribution < 1.29 is 14.3 Å². The number of amidine groups is 1. The quantitative estimate of drug-likeness (QED) is 0.725. The van der Waals surface area contributed by atoms with E-state index in [0.29, 0.717) is 51.9 Å². The van der Waals surface area contributed by atoms with E-state index >= 15 is 0 Å². The van der Waals surface area contributed by atoms with Crippen LogP contribution in [0.5, 0.6) is 0 Å². The molecular weight excluding hydrogens is 354 g/mol. The Hall–Kier alpha value is -2.21. The predicted octanol–water partition coefficient (Wildman–Crippen LogP) is 2.87. The summed E-state index contributed by atoms with van der Waals surface area (Å²) in [4.78, 5) is 34.4. The second kappa shape index (κ2) is 8.86. The summed E-state index contributed by atoms with van der Waals surface area (Å²) >= 11 is 0. The smallest absolute Gasteiger partial charge is 0.255 e. The highest BCUT2D eigenvalue weighted by Crippen LogP contribution is 2.40. The Kier molecular flexibility index (Phi) is 6.50. The van der Waals surface area contributed by atoms with Gasteiger partial charge in [-0.2, -0.15) is 0 Å². The fourth-order valence-electron chi connectivity index (χ4n) is 4.34. The summed E-state index contributed by atoms with van der Waals surface area (Å²) in [5, 5.41) is 0. The van der Waals surface area contributed by atoms with Crippen LogP contribution in [-0.4, -0.2) is 59.8 Å². The SMILES string of the molecule is CCN(Cc1ccccc1)C(=O)C1CCC2(CC1)N=C(C)N(CCOC)C2=O. The van der Waals surface area contributed by atoms with Crippen molar-refractivity contribution in [2.45, 2.75) is 51.6 Å². The van der Waals surface area contributed by atoms with Crippen LogP contribution in [0, 0.1) is 5.92 Å². The van der Waals surface area contributed by atoms with E-state index < -0.39 is 5.54 Å². The van der Waals surface area contributed by atoms with E-state index in [1.165, 1.54) is 0 Å². The van der Waals surface area contributed by atoms with E-state index in [4.69, 9.17) is 9.73 Å². The number of amides is 2. The van der Waals surface area contributed by atoms with Gasteiger partial charge in [-0.05, 0) is 45.1 Å². The number of benzene rings is 1. The highest BCUT2D eigenvalue weighted by atomic mass is 16.5. The Morgan fingerprint density at radius 3 is 2.57 bits per heavy atom. The molecule has 0 atom stereocenters. The van der Waals surface area contributed by atoms with Crippen molar-refractivity contribution >= 4 is 17.6 Å². The Morgan fingerprint density at radius 2 is 1.96 bits per heavy atom. The van der Waals surface area contributed by atoms with Gasteiger partial charge in [0, 0.05) is 26.1 Å². The minimum atomic E-state index is -0.662. The molecule has 0 N–H and O–H groups in total. The molecule has 1 saturated carbocycles. The summed E-state index contributed by atoms with van der Waals surface area (Å²) in [6, 6.07) is 10.1. The zero-order valence-corrected chi connectivity index (χ0v) is 17.2. The monoisotopic (exact) mass is 385 g/mol. The van der Waals surface area contributed by atoms with Gasteiger partial charge in [-0.3, -0.25) is 19.5 Å². The first-order valence-corrected chi connectivity index (χ1v) is 10.2. The molecule has 152 valence electrons. The summed E-state index contributed by atoms with van der Waals surface area (Å²) in [5.74, 6) is 1.02. The van der Waals surface area contributed by atoms with Crippen molar-refractivity contribution in [3.8, 4) is 0 Å². The van der Waals surface area contributed by atoms with Gasteiger partial charge in [-0.15, -0.1) is 0 Å². The number of aliphatic imine (C=N–C) groups is 1. The second-order valence-corrected chi connectivity index (χ2v) is 7.75. The second-order valence-electron chi connectivity index (χ2n) is 7.75.